The molecule has 0 bridgehead atoms. The lowest BCUT2D eigenvalue weighted by Crippen LogP contribution is -2.37. The number of phenols is 1. The van der Waals surface area contributed by atoms with Gasteiger partial charge in [-0.2, -0.15) is 0 Å². The van der Waals surface area contributed by atoms with E-state index in [0.29, 0.717) is 5.69 Å². The standard InChI is InChI=1S/C20H22ClN3O4S/c1-12-6-5-8-15(12)23-20(26)24-17-10-9-14(21)19(18(17)25)29(27,28)13(2)16-7-3-4-11-22-16/h3-4,6-7,9-11,13,15,25H,5,8H2,1-2H3,(H2,23,24,26)/t13?,15-/m1/s1. The van der Waals surface area contributed by atoms with Gasteiger partial charge in [0.2, 0.25) is 0 Å². The summed E-state index contributed by atoms with van der Waals surface area (Å²) in [5, 5.41) is 14.8. The average molecular weight is 436 g/mol. The van der Waals surface area contributed by atoms with Crippen LogP contribution in [-0.2, 0) is 9.84 Å². The van der Waals surface area contributed by atoms with Crippen LogP contribution < -0.4 is 10.6 Å². The monoisotopic (exact) mass is 435 g/mol. The van der Waals surface area contributed by atoms with Gasteiger partial charge in [-0.3, -0.25) is 4.98 Å². The molecule has 1 aromatic heterocycles. The number of urea groups is 1. The number of rotatable bonds is 5. The number of sulfone groups is 1. The minimum absolute atomic E-state index is 0.0432. The Balaban J connectivity index is 1.89. The fourth-order valence-corrected chi connectivity index (χ4v) is 5.23. The SMILES string of the molecule is CC1=CCC[C@H]1NC(=O)Nc1ccc(Cl)c(S(=O)(=O)C(C)c2ccccn2)c1O. The van der Waals surface area contributed by atoms with Crippen molar-refractivity contribution in [1.29, 1.82) is 0 Å². The summed E-state index contributed by atoms with van der Waals surface area (Å²) in [5.41, 5.74) is 1.34. The Morgan fingerprint density at radius 3 is 2.69 bits per heavy atom. The van der Waals surface area contributed by atoms with E-state index < -0.39 is 31.8 Å². The number of aromatic hydroxyl groups is 1. The molecule has 0 aliphatic heterocycles. The zero-order valence-electron chi connectivity index (χ0n) is 16.0. The molecule has 1 aliphatic carbocycles. The van der Waals surface area contributed by atoms with Crippen LogP contribution in [0.4, 0.5) is 10.5 Å². The second-order valence-corrected chi connectivity index (χ2v) is 9.50. The first-order valence-corrected chi connectivity index (χ1v) is 11.0. The van der Waals surface area contributed by atoms with Gasteiger partial charge in [0.05, 0.1) is 22.4 Å². The van der Waals surface area contributed by atoms with Gasteiger partial charge in [-0.25, -0.2) is 13.2 Å². The summed E-state index contributed by atoms with van der Waals surface area (Å²) < 4.78 is 26.2. The van der Waals surface area contributed by atoms with Crippen LogP contribution in [0.15, 0.2) is 53.1 Å². The van der Waals surface area contributed by atoms with Crippen molar-refractivity contribution in [2.45, 2.75) is 42.9 Å². The molecule has 1 unspecified atom stereocenters. The first-order valence-electron chi connectivity index (χ1n) is 9.12. The van der Waals surface area contributed by atoms with Gasteiger partial charge in [-0.05, 0) is 51.0 Å². The number of carbonyl (C=O) groups excluding carboxylic acids is 1. The van der Waals surface area contributed by atoms with E-state index in [1.54, 1.807) is 18.2 Å². The van der Waals surface area contributed by atoms with E-state index >= 15 is 0 Å². The van der Waals surface area contributed by atoms with Crippen molar-refractivity contribution in [3.05, 3.63) is 58.9 Å². The van der Waals surface area contributed by atoms with Crippen LogP contribution >= 0.6 is 11.6 Å². The Kier molecular flexibility index (Phi) is 6.14. The van der Waals surface area contributed by atoms with Crippen molar-refractivity contribution in [3.63, 3.8) is 0 Å². The number of benzene rings is 1. The molecule has 1 heterocycles. The van der Waals surface area contributed by atoms with Gasteiger partial charge in [0.1, 0.15) is 10.1 Å². The third-order valence-electron chi connectivity index (χ3n) is 4.96. The van der Waals surface area contributed by atoms with Gasteiger partial charge in [-0.1, -0.05) is 29.3 Å². The van der Waals surface area contributed by atoms with Crippen molar-refractivity contribution >= 4 is 33.2 Å². The Labute approximate surface area is 174 Å². The number of allylic oxidation sites excluding steroid dienone is 1. The summed E-state index contributed by atoms with van der Waals surface area (Å²) >= 11 is 6.12. The van der Waals surface area contributed by atoms with Gasteiger partial charge in [0, 0.05) is 6.20 Å². The predicted molar refractivity (Wildman–Crippen MR) is 112 cm³/mol. The van der Waals surface area contributed by atoms with Gasteiger partial charge < -0.3 is 15.7 Å². The minimum Gasteiger partial charge on any atom is -0.504 e. The molecule has 9 heteroatoms. The minimum atomic E-state index is -4.07. The number of pyridine rings is 1. The fourth-order valence-electron chi connectivity index (χ4n) is 3.22. The van der Waals surface area contributed by atoms with E-state index in [4.69, 9.17) is 11.6 Å². The van der Waals surface area contributed by atoms with Crippen LogP contribution in [-0.4, -0.2) is 30.6 Å². The highest BCUT2D eigenvalue weighted by atomic mass is 35.5. The van der Waals surface area contributed by atoms with E-state index in [1.807, 2.05) is 13.0 Å². The Hall–Kier alpha value is -2.58. The number of hydrogen-bond acceptors (Lipinski definition) is 5. The summed E-state index contributed by atoms with van der Waals surface area (Å²) in [6.07, 6.45) is 5.23. The van der Waals surface area contributed by atoms with E-state index in [2.05, 4.69) is 15.6 Å². The zero-order valence-corrected chi connectivity index (χ0v) is 17.6. The topological polar surface area (TPSA) is 108 Å². The highest BCUT2D eigenvalue weighted by Crippen LogP contribution is 2.41. The molecule has 2 amide bonds. The van der Waals surface area contributed by atoms with Crippen molar-refractivity contribution in [2.24, 2.45) is 0 Å². The van der Waals surface area contributed by atoms with Crippen LogP contribution in [0.3, 0.4) is 0 Å². The number of hydrogen-bond donors (Lipinski definition) is 3. The molecule has 0 radical (unpaired) electrons. The fraction of sp³-hybridized carbons (Fsp3) is 0.300. The first kappa shape index (κ1) is 21.1. The molecule has 3 rings (SSSR count). The third-order valence-corrected chi connectivity index (χ3v) is 7.54. The van der Waals surface area contributed by atoms with Crippen molar-refractivity contribution < 1.29 is 18.3 Å². The normalized spacial score (nSPS) is 17.5. The number of aromatic nitrogens is 1. The van der Waals surface area contributed by atoms with Crippen LogP contribution in [0.5, 0.6) is 5.75 Å². The molecule has 7 nitrogen and oxygen atoms in total. The van der Waals surface area contributed by atoms with Crippen LogP contribution in [0.1, 0.15) is 37.6 Å². The number of amides is 2. The van der Waals surface area contributed by atoms with Crippen LogP contribution in [0.25, 0.3) is 0 Å². The van der Waals surface area contributed by atoms with E-state index in [9.17, 15) is 18.3 Å². The smallest absolute Gasteiger partial charge is 0.319 e. The number of nitrogens with zero attached hydrogens (tertiary/aromatic N) is 1. The Morgan fingerprint density at radius 1 is 1.31 bits per heavy atom. The van der Waals surface area contributed by atoms with Crippen molar-refractivity contribution in [2.75, 3.05) is 5.32 Å². The molecule has 2 atom stereocenters. The first-order chi connectivity index (χ1) is 13.7. The third kappa shape index (κ3) is 4.38. The summed E-state index contributed by atoms with van der Waals surface area (Å²) in [5.74, 6) is -0.603. The number of anilines is 1. The molecule has 2 aromatic rings. The van der Waals surface area contributed by atoms with E-state index in [-0.39, 0.29) is 16.8 Å². The highest BCUT2D eigenvalue weighted by Gasteiger charge is 2.32. The van der Waals surface area contributed by atoms with E-state index in [0.717, 1.165) is 18.4 Å². The second-order valence-electron chi connectivity index (χ2n) is 6.89. The Morgan fingerprint density at radius 2 is 2.07 bits per heavy atom. The van der Waals surface area contributed by atoms with E-state index in [1.165, 1.54) is 25.3 Å². The largest absolute Gasteiger partial charge is 0.504 e. The molecule has 0 saturated heterocycles. The van der Waals surface area contributed by atoms with Gasteiger partial charge in [-0.15, -0.1) is 0 Å². The molecular weight excluding hydrogens is 414 g/mol. The van der Waals surface area contributed by atoms with Crippen molar-refractivity contribution in [1.82, 2.24) is 10.3 Å². The van der Waals surface area contributed by atoms with Crippen LogP contribution in [0, 0.1) is 0 Å². The maximum absolute atomic E-state index is 13.1. The molecular formula is C20H22ClN3O4S. The lowest BCUT2D eigenvalue weighted by Gasteiger charge is -2.18. The number of halogens is 1. The second kappa shape index (κ2) is 8.42. The quantitative estimate of drug-likeness (QED) is 0.481. The zero-order chi connectivity index (χ0) is 21.2. The lowest BCUT2D eigenvalue weighted by atomic mass is 10.2. The summed E-state index contributed by atoms with van der Waals surface area (Å²) in [6, 6.07) is 7.00. The summed E-state index contributed by atoms with van der Waals surface area (Å²) in [6.45, 7) is 3.40. The number of carbonyl (C=O) groups is 1. The van der Waals surface area contributed by atoms with Gasteiger partial charge in [0.25, 0.3) is 0 Å². The Bertz CT molecular complexity index is 1050. The molecule has 154 valence electrons. The summed E-state index contributed by atoms with van der Waals surface area (Å²) in [4.78, 5) is 16.0. The summed E-state index contributed by atoms with van der Waals surface area (Å²) in [7, 11) is -4.07. The molecule has 1 aromatic carbocycles. The molecule has 1 aliphatic rings. The maximum Gasteiger partial charge on any atom is 0.319 e. The molecule has 3 N–H and O–H groups in total. The van der Waals surface area contributed by atoms with Crippen LogP contribution in [0.2, 0.25) is 5.02 Å². The molecule has 0 spiro atoms. The number of nitrogens with one attached hydrogen (secondary N) is 2. The lowest BCUT2D eigenvalue weighted by molar-refractivity contribution is 0.249. The van der Waals surface area contributed by atoms with Gasteiger partial charge >= 0.3 is 6.03 Å². The number of phenolic OH excluding ortho intramolecular Hbond substituents is 1. The maximum atomic E-state index is 13.1. The molecule has 29 heavy (non-hydrogen) atoms. The predicted octanol–water partition coefficient (Wildman–Crippen LogP) is 4.21. The molecule has 0 saturated carbocycles. The van der Waals surface area contributed by atoms with Gasteiger partial charge in [0.15, 0.2) is 15.6 Å². The average Bonchev–Trinajstić information content (AvgIpc) is 3.08. The highest BCUT2D eigenvalue weighted by molar-refractivity contribution is 7.91. The molecule has 0 fully saturated rings. The van der Waals surface area contributed by atoms with Crippen molar-refractivity contribution in [3.8, 4) is 5.75 Å².